The van der Waals surface area contributed by atoms with Crippen molar-refractivity contribution >= 4 is 6.72 Å². The highest BCUT2D eigenvalue weighted by atomic mass is 15.3. The van der Waals surface area contributed by atoms with Gasteiger partial charge in [-0.2, -0.15) is 5.10 Å². The zero-order valence-electron chi connectivity index (χ0n) is 7.02. The fraction of sp³-hybridized carbons (Fsp3) is 0.625. The van der Waals surface area contributed by atoms with Gasteiger partial charge in [0, 0.05) is 12.9 Å². The summed E-state index contributed by atoms with van der Waals surface area (Å²) in [6.45, 7) is 9.77. The molecular weight excluding hydrogens is 124 g/mol. The first kappa shape index (κ1) is 9.21. The molecule has 0 heterocycles. The minimum Gasteiger partial charge on any atom is -0.286 e. The largest absolute Gasteiger partial charge is 0.286 e. The summed E-state index contributed by atoms with van der Waals surface area (Å²) in [5.41, 5.74) is 4.01. The molecule has 0 atom stereocenters. The smallest absolute Gasteiger partial charge is 0.0189 e. The fourth-order valence-electron chi connectivity index (χ4n) is 0.859. The van der Waals surface area contributed by atoms with E-state index in [1.54, 1.807) is 0 Å². The molecule has 0 radical (unpaired) electrons. The summed E-state index contributed by atoms with van der Waals surface area (Å²) in [7, 11) is 0. The highest BCUT2D eigenvalue weighted by Gasteiger charge is 1.93. The quantitative estimate of drug-likeness (QED) is 0.469. The molecule has 58 valence electrons. The average Bonchev–Trinajstić information content (AvgIpc) is 1.82. The second-order valence-electron chi connectivity index (χ2n) is 2.88. The molecule has 0 saturated heterocycles. The molecule has 0 aliphatic rings. The van der Waals surface area contributed by atoms with Crippen molar-refractivity contribution in [2.24, 2.45) is 11.0 Å². The van der Waals surface area contributed by atoms with Gasteiger partial charge < -0.3 is 0 Å². The molecule has 0 aromatic heterocycles. The Morgan fingerprint density at radius 2 is 2.30 bits per heavy atom. The summed E-state index contributed by atoms with van der Waals surface area (Å²) in [4.78, 5) is 0. The van der Waals surface area contributed by atoms with Gasteiger partial charge in [-0.3, -0.25) is 5.43 Å². The standard InChI is InChI=1S/C8H16N2/c1-7(2)5-8(3)6-10-9-4/h6-7,10H,4-5H2,1-3H3/b8-6-. The maximum atomic E-state index is 3.51. The third-order valence-electron chi connectivity index (χ3n) is 1.13. The van der Waals surface area contributed by atoms with Gasteiger partial charge in [-0.15, -0.1) is 0 Å². The molecule has 1 N–H and O–H groups in total. The predicted molar refractivity (Wildman–Crippen MR) is 45.9 cm³/mol. The molecule has 0 aromatic rings. The number of allylic oxidation sites excluding steroid dienone is 1. The molecule has 0 fully saturated rings. The minimum atomic E-state index is 0.711. The molecule has 10 heavy (non-hydrogen) atoms. The van der Waals surface area contributed by atoms with Crippen LogP contribution in [-0.2, 0) is 0 Å². The van der Waals surface area contributed by atoms with Crippen molar-refractivity contribution < 1.29 is 0 Å². The van der Waals surface area contributed by atoms with E-state index in [0.717, 1.165) is 6.42 Å². The molecule has 0 aliphatic carbocycles. The SMILES string of the molecule is C=NN/C=C(/C)CC(C)C. The van der Waals surface area contributed by atoms with Gasteiger partial charge in [0.05, 0.1) is 0 Å². The van der Waals surface area contributed by atoms with Crippen LogP contribution in [0.4, 0.5) is 0 Å². The van der Waals surface area contributed by atoms with Gasteiger partial charge in [0.25, 0.3) is 0 Å². The molecule has 0 amide bonds. The van der Waals surface area contributed by atoms with Crippen molar-refractivity contribution in [3.8, 4) is 0 Å². The van der Waals surface area contributed by atoms with Crippen molar-refractivity contribution in [1.82, 2.24) is 5.43 Å². The number of rotatable bonds is 4. The van der Waals surface area contributed by atoms with Gasteiger partial charge in [0.15, 0.2) is 0 Å². The summed E-state index contributed by atoms with van der Waals surface area (Å²) in [6, 6.07) is 0. The van der Waals surface area contributed by atoms with Gasteiger partial charge in [-0.1, -0.05) is 19.4 Å². The third kappa shape index (κ3) is 5.35. The number of hydrogen-bond acceptors (Lipinski definition) is 2. The van der Waals surface area contributed by atoms with Gasteiger partial charge in [-0.25, -0.2) is 0 Å². The molecule has 0 saturated carbocycles. The van der Waals surface area contributed by atoms with Gasteiger partial charge >= 0.3 is 0 Å². The van der Waals surface area contributed by atoms with Crippen molar-refractivity contribution in [3.63, 3.8) is 0 Å². The van der Waals surface area contributed by atoms with Gasteiger partial charge in [-0.05, 0) is 19.3 Å². The van der Waals surface area contributed by atoms with Gasteiger partial charge in [0.1, 0.15) is 0 Å². The number of nitrogens with one attached hydrogen (secondary N) is 1. The van der Waals surface area contributed by atoms with Crippen LogP contribution in [0.25, 0.3) is 0 Å². The molecule has 2 nitrogen and oxygen atoms in total. The van der Waals surface area contributed by atoms with Crippen LogP contribution >= 0.6 is 0 Å². The van der Waals surface area contributed by atoms with E-state index in [4.69, 9.17) is 0 Å². The molecular formula is C8H16N2. The monoisotopic (exact) mass is 140 g/mol. The highest BCUT2D eigenvalue weighted by molar-refractivity contribution is 5.22. The van der Waals surface area contributed by atoms with Crippen molar-refractivity contribution in [2.45, 2.75) is 27.2 Å². The van der Waals surface area contributed by atoms with Crippen LogP contribution in [-0.4, -0.2) is 6.72 Å². The number of hydrogen-bond donors (Lipinski definition) is 1. The molecule has 0 aliphatic heterocycles. The summed E-state index contributed by atoms with van der Waals surface area (Å²) in [6.07, 6.45) is 3.00. The Morgan fingerprint density at radius 3 is 2.70 bits per heavy atom. The lowest BCUT2D eigenvalue weighted by Gasteiger charge is -2.03. The maximum Gasteiger partial charge on any atom is 0.0189 e. The summed E-state index contributed by atoms with van der Waals surface area (Å²) in [5, 5.41) is 3.51. The fourth-order valence-corrected chi connectivity index (χ4v) is 0.859. The van der Waals surface area contributed by atoms with Crippen LogP contribution in [0.3, 0.4) is 0 Å². The first-order valence-electron chi connectivity index (χ1n) is 3.53. The molecule has 2 heteroatoms. The van der Waals surface area contributed by atoms with E-state index in [9.17, 15) is 0 Å². The summed E-state index contributed by atoms with van der Waals surface area (Å²) >= 11 is 0. The van der Waals surface area contributed by atoms with Crippen LogP contribution in [0.15, 0.2) is 16.9 Å². The second-order valence-corrected chi connectivity index (χ2v) is 2.88. The lowest BCUT2D eigenvalue weighted by atomic mass is 10.1. The molecule has 0 spiro atoms. The molecule has 0 aromatic carbocycles. The first-order valence-corrected chi connectivity index (χ1v) is 3.53. The van der Waals surface area contributed by atoms with Crippen LogP contribution in [0.5, 0.6) is 0 Å². The van der Waals surface area contributed by atoms with Crippen LogP contribution in [0, 0.1) is 5.92 Å². The van der Waals surface area contributed by atoms with E-state index in [1.165, 1.54) is 5.57 Å². The first-order chi connectivity index (χ1) is 4.66. The molecule has 0 rings (SSSR count). The maximum absolute atomic E-state index is 3.51. The lowest BCUT2D eigenvalue weighted by molar-refractivity contribution is 0.638. The van der Waals surface area contributed by atoms with Crippen LogP contribution in [0.1, 0.15) is 27.2 Å². The average molecular weight is 140 g/mol. The van der Waals surface area contributed by atoms with E-state index in [0.29, 0.717) is 5.92 Å². The van der Waals surface area contributed by atoms with Crippen LogP contribution < -0.4 is 5.43 Å². The topological polar surface area (TPSA) is 24.4 Å². The van der Waals surface area contributed by atoms with Crippen LogP contribution in [0.2, 0.25) is 0 Å². The predicted octanol–water partition coefficient (Wildman–Crippen LogP) is 2.14. The van der Waals surface area contributed by atoms with E-state index < -0.39 is 0 Å². The Kier molecular flexibility index (Phi) is 4.63. The molecule has 0 unspecified atom stereocenters. The Bertz CT molecular complexity index is 125. The zero-order chi connectivity index (χ0) is 7.98. The Labute approximate surface area is 63.0 Å². The number of nitrogens with zero attached hydrogens (tertiary/aromatic N) is 1. The lowest BCUT2D eigenvalue weighted by Crippen LogP contribution is -1.95. The zero-order valence-corrected chi connectivity index (χ0v) is 7.02. The van der Waals surface area contributed by atoms with E-state index in [1.807, 2.05) is 6.20 Å². The minimum absolute atomic E-state index is 0.711. The summed E-state index contributed by atoms with van der Waals surface area (Å²) in [5.74, 6) is 0.711. The second kappa shape index (κ2) is 5.03. The van der Waals surface area contributed by atoms with E-state index in [2.05, 4.69) is 38.0 Å². The van der Waals surface area contributed by atoms with E-state index >= 15 is 0 Å². The Morgan fingerprint density at radius 1 is 1.70 bits per heavy atom. The van der Waals surface area contributed by atoms with E-state index in [-0.39, 0.29) is 0 Å². The normalized spacial score (nSPS) is 11.8. The Hall–Kier alpha value is -0.790. The van der Waals surface area contributed by atoms with Gasteiger partial charge in [0.2, 0.25) is 0 Å². The number of hydrazone groups is 1. The third-order valence-corrected chi connectivity index (χ3v) is 1.13. The highest BCUT2D eigenvalue weighted by Crippen LogP contribution is 2.07. The van der Waals surface area contributed by atoms with Crippen molar-refractivity contribution in [3.05, 3.63) is 11.8 Å². The summed E-state index contributed by atoms with van der Waals surface area (Å²) < 4.78 is 0. The Balaban J connectivity index is 3.59. The molecule has 0 bridgehead atoms. The van der Waals surface area contributed by atoms with Crippen molar-refractivity contribution in [2.75, 3.05) is 0 Å². The van der Waals surface area contributed by atoms with Crippen molar-refractivity contribution in [1.29, 1.82) is 0 Å².